The molecule has 0 saturated carbocycles. The lowest BCUT2D eigenvalue weighted by molar-refractivity contribution is -0.143. The van der Waals surface area contributed by atoms with Crippen molar-refractivity contribution in [1.82, 2.24) is 0 Å². The first-order chi connectivity index (χ1) is 7.18. The smallest absolute Gasteiger partial charge is 0.285 e. The lowest BCUT2D eigenvalue weighted by atomic mass is 10.0. The minimum atomic E-state index is -5.02. The quantitative estimate of drug-likeness (QED) is 0.690. The van der Waals surface area contributed by atoms with Crippen LogP contribution in [0.5, 0.6) is 0 Å². The van der Waals surface area contributed by atoms with Crippen LogP contribution >= 0.6 is 0 Å². The van der Waals surface area contributed by atoms with Gasteiger partial charge in [0.1, 0.15) is 0 Å². The first kappa shape index (κ1) is 12.5. The summed E-state index contributed by atoms with van der Waals surface area (Å²) in [7, 11) is 0. The summed E-state index contributed by atoms with van der Waals surface area (Å²) in [5.41, 5.74) is -4.79. The monoisotopic (exact) mass is 241 g/mol. The Labute approximate surface area is 85.7 Å². The van der Waals surface area contributed by atoms with Crippen LogP contribution in [0.1, 0.15) is 16.7 Å². The number of halogens is 6. The van der Waals surface area contributed by atoms with Crippen molar-refractivity contribution in [3.8, 4) is 0 Å². The molecule has 1 nitrogen and oxygen atoms in total. The molecule has 7 heteroatoms. The van der Waals surface area contributed by atoms with Gasteiger partial charge in [-0.05, 0) is 12.1 Å². The number of carbonyl (C=O) groups excluding carboxylic acids is 1. The average Bonchev–Trinajstić information content (AvgIpc) is 2.13. The number of benzene rings is 1. The molecule has 0 heterocycles. The lowest BCUT2D eigenvalue weighted by Crippen LogP contribution is -2.16. The number of alkyl halides is 6. The zero-order valence-corrected chi connectivity index (χ0v) is 7.41. The average molecular weight is 241 g/mol. The second-order valence-corrected chi connectivity index (χ2v) is 2.83. The van der Waals surface area contributed by atoms with Crippen molar-refractivity contribution in [1.29, 1.82) is 0 Å². The Hall–Kier alpha value is -1.53. The van der Waals surface area contributed by atoms with Gasteiger partial charge in [0.25, 0.3) is 0 Å². The van der Waals surface area contributed by atoms with Crippen molar-refractivity contribution in [2.24, 2.45) is 0 Å². The van der Waals surface area contributed by atoms with Crippen LogP contribution < -0.4 is 0 Å². The SMILES string of the molecule is O=[C]c1c(C(F)(F)F)cccc1C(F)(F)F. The third kappa shape index (κ3) is 2.34. The molecule has 0 aliphatic heterocycles. The van der Waals surface area contributed by atoms with Gasteiger partial charge in [-0.15, -0.1) is 0 Å². The van der Waals surface area contributed by atoms with Gasteiger partial charge in [0.2, 0.25) is 6.29 Å². The van der Waals surface area contributed by atoms with E-state index >= 15 is 0 Å². The third-order valence-electron chi connectivity index (χ3n) is 1.78. The molecule has 0 atom stereocenters. The first-order valence-electron chi connectivity index (χ1n) is 3.83. The van der Waals surface area contributed by atoms with Crippen LogP contribution in [0.4, 0.5) is 26.3 Å². The zero-order valence-electron chi connectivity index (χ0n) is 7.41. The highest BCUT2D eigenvalue weighted by molar-refractivity contribution is 5.80. The first-order valence-corrected chi connectivity index (χ1v) is 3.83. The molecule has 0 amide bonds. The van der Waals surface area contributed by atoms with E-state index < -0.39 is 29.0 Å². The third-order valence-corrected chi connectivity index (χ3v) is 1.78. The Bertz CT molecular complexity index is 371. The van der Waals surface area contributed by atoms with Crippen LogP contribution in [0.2, 0.25) is 0 Å². The molecule has 0 spiro atoms. The van der Waals surface area contributed by atoms with Gasteiger partial charge in [-0.25, -0.2) is 0 Å². The van der Waals surface area contributed by atoms with Crippen LogP contribution in [0.25, 0.3) is 0 Å². The molecule has 0 aromatic heterocycles. The van der Waals surface area contributed by atoms with Crippen molar-refractivity contribution in [2.75, 3.05) is 0 Å². The zero-order chi connectivity index (χ0) is 12.6. The summed E-state index contributed by atoms with van der Waals surface area (Å²) in [6.45, 7) is 0. The molecular formula is C9H3F6O. The van der Waals surface area contributed by atoms with Crippen LogP contribution in [0.3, 0.4) is 0 Å². The van der Waals surface area contributed by atoms with Gasteiger partial charge >= 0.3 is 12.4 Å². The van der Waals surface area contributed by atoms with Crippen molar-refractivity contribution in [3.63, 3.8) is 0 Å². The Morgan fingerprint density at radius 2 is 1.25 bits per heavy atom. The molecule has 1 radical (unpaired) electrons. The van der Waals surface area contributed by atoms with E-state index in [2.05, 4.69) is 0 Å². The minimum Gasteiger partial charge on any atom is -0.285 e. The Balaban J connectivity index is 3.51. The van der Waals surface area contributed by atoms with Gasteiger partial charge in [0.15, 0.2) is 0 Å². The van der Waals surface area contributed by atoms with E-state index in [4.69, 9.17) is 0 Å². The summed E-state index contributed by atoms with van der Waals surface area (Å²) in [6, 6.07) is 1.39. The maximum absolute atomic E-state index is 12.3. The lowest BCUT2D eigenvalue weighted by Gasteiger charge is -2.14. The van der Waals surface area contributed by atoms with E-state index in [1.807, 2.05) is 0 Å². The number of hydrogen-bond acceptors (Lipinski definition) is 1. The van der Waals surface area contributed by atoms with E-state index in [0.717, 1.165) is 0 Å². The van der Waals surface area contributed by atoms with E-state index in [1.54, 1.807) is 0 Å². The molecule has 16 heavy (non-hydrogen) atoms. The molecule has 1 aromatic rings. The molecule has 1 rings (SSSR count). The molecule has 0 bridgehead atoms. The van der Waals surface area contributed by atoms with Crippen LogP contribution in [0.15, 0.2) is 18.2 Å². The van der Waals surface area contributed by atoms with Gasteiger partial charge in [0, 0.05) is 0 Å². The molecule has 87 valence electrons. The normalized spacial score (nSPS) is 12.6. The van der Waals surface area contributed by atoms with Crippen molar-refractivity contribution >= 4 is 6.29 Å². The van der Waals surface area contributed by atoms with Crippen LogP contribution in [-0.2, 0) is 17.1 Å². The number of rotatable bonds is 1. The Kier molecular flexibility index (Phi) is 2.98. The van der Waals surface area contributed by atoms with E-state index in [9.17, 15) is 31.1 Å². The maximum Gasteiger partial charge on any atom is 0.417 e. The van der Waals surface area contributed by atoms with Crippen molar-refractivity contribution in [3.05, 3.63) is 34.9 Å². The van der Waals surface area contributed by atoms with Crippen molar-refractivity contribution < 1.29 is 31.1 Å². The summed E-state index contributed by atoms with van der Waals surface area (Å²) >= 11 is 0. The summed E-state index contributed by atoms with van der Waals surface area (Å²) in [5, 5.41) is 0. The standard InChI is InChI=1S/C9H3F6O/c10-8(11,12)6-2-1-3-7(5(6)4-16)9(13,14)15/h1-3H. The fourth-order valence-electron chi connectivity index (χ4n) is 1.13. The molecule has 0 aliphatic carbocycles. The highest BCUT2D eigenvalue weighted by Gasteiger charge is 2.40. The largest absolute Gasteiger partial charge is 0.417 e. The maximum atomic E-state index is 12.3. The second-order valence-electron chi connectivity index (χ2n) is 2.83. The van der Waals surface area contributed by atoms with Gasteiger partial charge in [-0.2, -0.15) is 26.3 Å². The number of hydrogen-bond donors (Lipinski definition) is 0. The van der Waals surface area contributed by atoms with Crippen molar-refractivity contribution in [2.45, 2.75) is 12.4 Å². The summed E-state index contributed by atoms with van der Waals surface area (Å²) in [6.07, 6.45) is -9.35. The fourth-order valence-corrected chi connectivity index (χ4v) is 1.13. The van der Waals surface area contributed by atoms with Gasteiger partial charge in [-0.1, -0.05) is 6.07 Å². The Morgan fingerprint density at radius 3 is 1.50 bits per heavy atom. The van der Waals surface area contributed by atoms with E-state index in [-0.39, 0.29) is 0 Å². The van der Waals surface area contributed by atoms with Gasteiger partial charge in [-0.3, -0.25) is 4.79 Å². The summed E-state index contributed by atoms with van der Waals surface area (Å²) in [5.74, 6) is 0. The molecule has 0 aliphatic rings. The molecule has 1 aromatic carbocycles. The van der Waals surface area contributed by atoms with E-state index in [1.165, 1.54) is 0 Å². The highest BCUT2D eigenvalue weighted by atomic mass is 19.4. The molecule has 0 unspecified atom stereocenters. The van der Waals surface area contributed by atoms with Gasteiger partial charge < -0.3 is 0 Å². The highest BCUT2D eigenvalue weighted by Crippen LogP contribution is 2.38. The van der Waals surface area contributed by atoms with E-state index in [0.29, 0.717) is 24.5 Å². The van der Waals surface area contributed by atoms with Crippen LogP contribution in [0, 0.1) is 0 Å². The molecule has 0 saturated heterocycles. The predicted molar refractivity (Wildman–Crippen MR) is 41.2 cm³/mol. The predicted octanol–water partition coefficient (Wildman–Crippen LogP) is 3.18. The second kappa shape index (κ2) is 3.80. The Morgan fingerprint density at radius 1 is 0.875 bits per heavy atom. The summed E-state index contributed by atoms with van der Waals surface area (Å²) in [4.78, 5) is 10.2. The minimum absolute atomic E-state index is 0.398. The van der Waals surface area contributed by atoms with Gasteiger partial charge in [0.05, 0.1) is 16.7 Å². The molecule has 0 fully saturated rings. The fraction of sp³-hybridized carbons (Fsp3) is 0.222. The topological polar surface area (TPSA) is 17.1 Å². The summed E-state index contributed by atoms with van der Waals surface area (Å²) < 4.78 is 73.5. The molecule has 0 N–H and O–H groups in total. The molecular weight excluding hydrogens is 238 g/mol. The van der Waals surface area contributed by atoms with Crippen LogP contribution in [-0.4, -0.2) is 6.29 Å².